The number of ether oxygens (including phenoxy) is 1. The highest BCUT2D eigenvalue weighted by Crippen LogP contribution is 2.34. The Kier molecular flexibility index (Phi) is 7.00. The van der Waals surface area contributed by atoms with Gasteiger partial charge in [0.25, 0.3) is 5.91 Å². The van der Waals surface area contributed by atoms with Gasteiger partial charge in [-0.3, -0.25) is 19.3 Å². The molecule has 7 nitrogen and oxygen atoms in total. The molecule has 2 N–H and O–H groups in total. The molecule has 1 atom stereocenters. The highest BCUT2D eigenvalue weighted by atomic mass is 35.5. The van der Waals surface area contributed by atoms with Gasteiger partial charge in [-0.15, -0.1) is 0 Å². The number of hydrogen-bond donors (Lipinski definition) is 2. The Morgan fingerprint density at radius 1 is 1.06 bits per heavy atom. The molecule has 0 aliphatic carbocycles. The summed E-state index contributed by atoms with van der Waals surface area (Å²) in [6.07, 6.45) is -0.328. The number of hydrogen-bond acceptors (Lipinski definition) is 4. The fraction of sp³-hybridized carbons (Fsp3) is 0.125. The average molecular weight is 502 g/mol. The van der Waals surface area contributed by atoms with E-state index in [0.717, 1.165) is 0 Å². The molecule has 1 heterocycles. The first kappa shape index (κ1) is 23.5. The summed E-state index contributed by atoms with van der Waals surface area (Å²) in [5.74, 6) is -1.79. The molecule has 0 saturated carbocycles. The summed E-state index contributed by atoms with van der Waals surface area (Å²) in [5.41, 5.74) is 1.22. The van der Waals surface area contributed by atoms with E-state index in [2.05, 4.69) is 10.6 Å². The Hall–Kier alpha value is -3.62. The molecule has 0 spiro atoms. The molecule has 1 aliphatic heterocycles. The predicted octanol–water partition coefficient (Wildman–Crippen LogP) is 4.89. The fourth-order valence-electron chi connectivity index (χ4n) is 3.50. The van der Waals surface area contributed by atoms with Gasteiger partial charge in [0.05, 0.1) is 22.8 Å². The number of carbonyl (C=O) groups is 3. The van der Waals surface area contributed by atoms with Crippen molar-refractivity contribution in [2.75, 3.05) is 22.1 Å². The number of rotatable bonds is 6. The molecule has 0 aromatic heterocycles. The number of anilines is 3. The molecule has 3 amide bonds. The van der Waals surface area contributed by atoms with E-state index in [9.17, 15) is 18.8 Å². The van der Waals surface area contributed by atoms with Gasteiger partial charge < -0.3 is 15.4 Å². The number of fused-ring (bicyclic) bond motifs is 1. The third kappa shape index (κ3) is 5.30. The Labute approximate surface area is 204 Å². The summed E-state index contributed by atoms with van der Waals surface area (Å²) < 4.78 is 18.7. The number of amides is 3. The SMILES string of the molecule is O=C(CC1C(=O)Nc2ccccc2N1C(=O)COc1ccc(Cl)cc1Cl)Nc1ccc(F)cc1. The minimum Gasteiger partial charge on any atom is -0.482 e. The van der Waals surface area contributed by atoms with Gasteiger partial charge in [-0.1, -0.05) is 35.3 Å². The summed E-state index contributed by atoms with van der Waals surface area (Å²) in [6, 6.07) is 15.4. The zero-order valence-electron chi connectivity index (χ0n) is 17.6. The first-order valence-corrected chi connectivity index (χ1v) is 10.9. The number of benzene rings is 3. The van der Waals surface area contributed by atoms with Crippen molar-refractivity contribution < 1.29 is 23.5 Å². The Bertz CT molecular complexity index is 1250. The van der Waals surface area contributed by atoms with Crippen LogP contribution in [0, 0.1) is 5.82 Å². The van der Waals surface area contributed by atoms with Crippen molar-refractivity contribution in [3.05, 3.63) is 82.6 Å². The van der Waals surface area contributed by atoms with Crippen LogP contribution in [0.15, 0.2) is 66.7 Å². The van der Waals surface area contributed by atoms with Gasteiger partial charge in [-0.25, -0.2) is 4.39 Å². The normalized spacial score (nSPS) is 14.7. The molecule has 4 rings (SSSR count). The van der Waals surface area contributed by atoms with E-state index in [1.807, 2.05) is 0 Å². The topological polar surface area (TPSA) is 87.7 Å². The quantitative estimate of drug-likeness (QED) is 0.503. The van der Waals surface area contributed by atoms with E-state index < -0.39 is 36.2 Å². The summed E-state index contributed by atoms with van der Waals surface area (Å²) >= 11 is 12.0. The second-order valence-electron chi connectivity index (χ2n) is 7.41. The summed E-state index contributed by atoms with van der Waals surface area (Å²) in [7, 11) is 0. The number of carbonyl (C=O) groups excluding carboxylic acids is 3. The van der Waals surface area contributed by atoms with Gasteiger partial charge in [0.2, 0.25) is 11.8 Å². The van der Waals surface area contributed by atoms with E-state index in [-0.39, 0.29) is 17.2 Å². The molecule has 10 heteroatoms. The maximum absolute atomic E-state index is 13.2. The molecule has 34 heavy (non-hydrogen) atoms. The van der Waals surface area contributed by atoms with Crippen LogP contribution in [0.1, 0.15) is 6.42 Å². The van der Waals surface area contributed by atoms with Crippen LogP contribution in [0.25, 0.3) is 0 Å². The van der Waals surface area contributed by atoms with Gasteiger partial charge in [0.15, 0.2) is 6.61 Å². The second-order valence-corrected chi connectivity index (χ2v) is 8.25. The second kappa shape index (κ2) is 10.1. The van der Waals surface area contributed by atoms with Crippen LogP contribution in [0.2, 0.25) is 10.0 Å². The highest BCUT2D eigenvalue weighted by molar-refractivity contribution is 6.35. The van der Waals surface area contributed by atoms with Crippen molar-refractivity contribution in [3.8, 4) is 5.75 Å². The van der Waals surface area contributed by atoms with Crippen molar-refractivity contribution in [1.82, 2.24) is 0 Å². The number of nitrogens with zero attached hydrogens (tertiary/aromatic N) is 1. The highest BCUT2D eigenvalue weighted by Gasteiger charge is 2.38. The molecule has 174 valence electrons. The van der Waals surface area contributed by atoms with E-state index in [0.29, 0.717) is 22.1 Å². The van der Waals surface area contributed by atoms with E-state index >= 15 is 0 Å². The van der Waals surface area contributed by atoms with Crippen molar-refractivity contribution in [2.24, 2.45) is 0 Å². The third-order valence-electron chi connectivity index (χ3n) is 5.06. The van der Waals surface area contributed by atoms with E-state index in [1.165, 1.54) is 41.3 Å². The minimum absolute atomic E-state index is 0.229. The summed E-state index contributed by atoms with van der Waals surface area (Å²) in [5, 5.41) is 5.97. The molecule has 1 unspecified atom stereocenters. The zero-order valence-corrected chi connectivity index (χ0v) is 19.1. The molecule has 0 fully saturated rings. The molecular formula is C24H18Cl2FN3O4. The van der Waals surface area contributed by atoms with Gasteiger partial charge >= 0.3 is 0 Å². The maximum Gasteiger partial charge on any atom is 0.265 e. The summed E-state index contributed by atoms with van der Waals surface area (Å²) in [6.45, 7) is -0.432. The lowest BCUT2D eigenvalue weighted by Gasteiger charge is -2.36. The third-order valence-corrected chi connectivity index (χ3v) is 5.59. The Morgan fingerprint density at radius 3 is 2.53 bits per heavy atom. The first-order chi connectivity index (χ1) is 16.3. The fourth-order valence-corrected chi connectivity index (χ4v) is 3.97. The van der Waals surface area contributed by atoms with Crippen LogP contribution >= 0.6 is 23.2 Å². The molecule has 0 bridgehead atoms. The van der Waals surface area contributed by atoms with Crippen LogP contribution in [-0.2, 0) is 14.4 Å². The molecule has 1 aliphatic rings. The molecule has 3 aromatic carbocycles. The largest absolute Gasteiger partial charge is 0.482 e. The minimum atomic E-state index is -1.13. The molecule has 3 aromatic rings. The maximum atomic E-state index is 13.2. The first-order valence-electron chi connectivity index (χ1n) is 10.2. The smallest absolute Gasteiger partial charge is 0.265 e. The average Bonchev–Trinajstić information content (AvgIpc) is 2.80. The van der Waals surface area contributed by atoms with E-state index in [1.54, 1.807) is 30.3 Å². The van der Waals surface area contributed by atoms with Crippen LogP contribution in [0.4, 0.5) is 21.5 Å². The predicted molar refractivity (Wildman–Crippen MR) is 128 cm³/mol. The van der Waals surface area contributed by atoms with Crippen LogP contribution < -0.4 is 20.3 Å². The Balaban J connectivity index is 1.55. The van der Waals surface area contributed by atoms with Gasteiger partial charge in [-0.05, 0) is 54.6 Å². The van der Waals surface area contributed by atoms with Crippen LogP contribution in [-0.4, -0.2) is 30.4 Å². The standard InChI is InChI=1S/C24H18Cl2FN3O4/c25-14-5-10-21(17(26)11-14)34-13-23(32)30-19-4-2-1-3-18(19)29-24(33)20(30)12-22(31)28-16-8-6-15(27)7-9-16/h1-11,20H,12-13H2,(H,28,31)(H,29,33). The molecule has 0 saturated heterocycles. The van der Waals surface area contributed by atoms with Gasteiger partial charge in [-0.2, -0.15) is 0 Å². The van der Waals surface area contributed by atoms with Crippen LogP contribution in [0.3, 0.4) is 0 Å². The lowest BCUT2D eigenvalue weighted by Crippen LogP contribution is -2.53. The molecule has 0 radical (unpaired) electrons. The number of halogens is 3. The molecular weight excluding hydrogens is 484 g/mol. The van der Waals surface area contributed by atoms with Crippen molar-refractivity contribution >= 4 is 58.0 Å². The van der Waals surface area contributed by atoms with E-state index in [4.69, 9.17) is 27.9 Å². The Morgan fingerprint density at radius 2 is 1.79 bits per heavy atom. The van der Waals surface area contributed by atoms with Crippen molar-refractivity contribution in [3.63, 3.8) is 0 Å². The summed E-state index contributed by atoms with van der Waals surface area (Å²) in [4.78, 5) is 40.0. The lowest BCUT2D eigenvalue weighted by atomic mass is 10.0. The van der Waals surface area contributed by atoms with Gasteiger partial charge in [0, 0.05) is 10.7 Å². The van der Waals surface area contributed by atoms with Crippen LogP contribution in [0.5, 0.6) is 5.75 Å². The number of para-hydroxylation sites is 2. The number of nitrogens with one attached hydrogen (secondary N) is 2. The van der Waals surface area contributed by atoms with Gasteiger partial charge in [0.1, 0.15) is 17.6 Å². The van der Waals surface area contributed by atoms with Crippen molar-refractivity contribution in [2.45, 2.75) is 12.5 Å². The monoisotopic (exact) mass is 501 g/mol. The zero-order chi connectivity index (χ0) is 24.2. The lowest BCUT2D eigenvalue weighted by molar-refractivity contribution is -0.127. The van der Waals surface area contributed by atoms with Crippen molar-refractivity contribution in [1.29, 1.82) is 0 Å².